The van der Waals surface area contributed by atoms with Crippen molar-refractivity contribution in [2.45, 2.75) is 19.4 Å². The minimum Gasteiger partial charge on any atom is -0.399 e. The van der Waals surface area contributed by atoms with Gasteiger partial charge in [-0.05, 0) is 25.5 Å². The summed E-state index contributed by atoms with van der Waals surface area (Å²) < 4.78 is 4.93. The van der Waals surface area contributed by atoms with E-state index in [1.54, 1.807) is 19.2 Å². The van der Waals surface area contributed by atoms with E-state index in [4.69, 9.17) is 10.5 Å². The second-order valence-corrected chi connectivity index (χ2v) is 3.63. The maximum absolute atomic E-state index is 11.7. The Morgan fingerprint density at radius 2 is 2.44 bits per heavy atom. The van der Waals surface area contributed by atoms with E-state index in [0.717, 1.165) is 6.42 Å². The van der Waals surface area contributed by atoms with Crippen LogP contribution in [-0.4, -0.2) is 30.6 Å². The summed E-state index contributed by atoms with van der Waals surface area (Å²) in [5.41, 5.74) is 6.44. The molecule has 0 aliphatic carbocycles. The lowest BCUT2D eigenvalue weighted by Crippen LogP contribution is -2.33. The zero-order chi connectivity index (χ0) is 12.0. The van der Waals surface area contributed by atoms with E-state index in [1.807, 2.05) is 6.92 Å². The van der Waals surface area contributed by atoms with Crippen LogP contribution in [0, 0.1) is 0 Å². The van der Waals surface area contributed by atoms with Crippen LogP contribution in [0.4, 0.5) is 5.69 Å². The number of methoxy groups -OCH3 is 1. The molecular formula is C11H17N3O2. The van der Waals surface area contributed by atoms with Gasteiger partial charge in [-0.15, -0.1) is 0 Å². The van der Waals surface area contributed by atoms with Crippen molar-refractivity contribution in [3.05, 3.63) is 24.0 Å². The van der Waals surface area contributed by atoms with Crippen molar-refractivity contribution < 1.29 is 9.53 Å². The van der Waals surface area contributed by atoms with Crippen molar-refractivity contribution in [1.29, 1.82) is 0 Å². The molecule has 1 atom stereocenters. The molecule has 5 heteroatoms. The molecular weight excluding hydrogens is 206 g/mol. The number of nitrogens with zero attached hydrogens (tertiary/aromatic N) is 1. The lowest BCUT2D eigenvalue weighted by atomic mass is 10.2. The zero-order valence-corrected chi connectivity index (χ0v) is 9.56. The van der Waals surface area contributed by atoms with Gasteiger partial charge in [-0.25, -0.2) is 0 Å². The highest BCUT2D eigenvalue weighted by atomic mass is 16.5. The van der Waals surface area contributed by atoms with E-state index in [2.05, 4.69) is 10.3 Å². The Morgan fingerprint density at radius 3 is 3.06 bits per heavy atom. The fourth-order valence-electron chi connectivity index (χ4n) is 1.24. The number of anilines is 1. The molecule has 0 fully saturated rings. The molecule has 5 nitrogen and oxygen atoms in total. The van der Waals surface area contributed by atoms with Crippen molar-refractivity contribution in [2.24, 2.45) is 0 Å². The summed E-state index contributed by atoms with van der Waals surface area (Å²) in [5.74, 6) is -0.212. The summed E-state index contributed by atoms with van der Waals surface area (Å²) in [4.78, 5) is 15.7. The molecule has 0 aliphatic heterocycles. The normalized spacial score (nSPS) is 12.1. The number of carbonyl (C=O) groups excluding carboxylic acids is 1. The quantitative estimate of drug-likeness (QED) is 0.774. The van der Waals surface area contributed by atoms with Crippen molar-refractivity contribution in [1.82, 2.24) is 10.3 Å². The average Bonchev–Trinajstić information content (AvgIpc) is 2.26. The third-order valence-electron chi connectivity index (χ3n) is 2.15. The average molecular weight is 223 g/mol. The maximum atomic E-state index is 11.7. The molecule has 88 valence electrons. The van der Waals surface area contributed by atoms with E-state index < -0.39 is 0 Å². The fraction of sp³-hybridized carbons (Fsp3) is 0.455. The van der Waals surface area contributed by atoms with Crippen LogP contribution in [0.15, 0.2) is 18.3 Å². The molecule has 16 heavy (non-hydrogen) atoms. The number of pyridine rings is 1. The summed E-state index contributed by atoms with van der Waals surface area (Å²) in [6.45, 7) is 2.54. The smallest absolute Gasteiger partial charge is 0.270 e. The number of ether oxygens (including phenoxy) is 1. The minimum atomic E-state index is -0.212. The first kappa shape index (κ1) is 12.4. The second kappa shape index (κ2) is 6.07. The van der Waals surface area contributed by atoms with Crippen LogP contribution < -0.4 is 11.1 Å². The van der Waals surface area contributed by atoms with Crippen molar-refractivity contribution in [3.8, 4) is 0 Å². The standard InChI is InChI=1S/C11H17N3O2/c1-8(4-6-16-2)14-11(15)10-7-9(12)3-5-13-10/h3,5,7-8H,4,6H2,1-2H3,(H2,12,13)(H,14,15). The van der Waals surface area contributed by atoms with Crippen LogP contribution in [0.1, 0.15) is 23.8 Å². The van der Waals surface area contributed by atoms with E-state index in [9.17, 15) is 4.79 Å². The van der Waals surface area contributed by atoms with Gasteiger partial charge in [-0.1, -0.05) is 0 Å². The summed E-state index contributed by atoms with van der Waals surface area (Å²) in [6.07, 6.45) is 2.29. The van der Waals surface area contributed by atoms with Gasteiger partial charge in [0.1, 0.15) is 5.69 Å². The first-order valence-electron chi connectivity index (χ1n) is 5.15. The first-order valence-corrected chi connectivity index (χ1v) is 5.15. The molecule has 1 aromatic heterocycles. The number of nitrogen functional groups attached to an aromatic ring is 1. The lowest BCUT2D eigenvalue weighted by Gasteiger charge is -2.12. The summed E-state index contributed by atoms with van der Waals surface area (Å²) in [7, 11) is 1.63. The van der Waals surface area contributed by atoms with E-state index >= 15 is 0 Å². The van der Waals surface area contributed by atoms with Gasteiger partial charge in [-0.2, -0.15) is 0 Å². The van der Waals surface area contributed by atoms with Crippen molar-refractivity contribution in [3.63, 3.8) is 0 Å². The zero-order valence-electron chi connectivity index (χ0n) is 9.56. The third kappa shape index (κ3) is 3.86. The molecule has 1 heterocycles. The predicted molar refractivity (Wildman–Crippen MR) is 62.1 cm³/mol. The molecule has 1 unspecified atom stereocenters. The number of carbonyl (C=O) groups is 1. The molecule has 0 aliphatic rings. The summed E-state index contributed by atoms with van der Waals surface area (Å²) in [5, 5.41) is 2.82. The topological polar surface area (TPSA) is 77.2 Å². The van der Waals surface area contributed by atoms with Gasteiger partial charge in [0.2, 0.25) is 0 Å². The molecule has 0 bridgehead atoms. The fourth-order valence-corrected chi connectivity index (χ4v) is 1.24. The number of hydrogen-bond donors (Lipinski definition) is 2. The first-order chi connectivity index (χ1) is 7.63. The van der Waals surface area contributed by atoms with E-state index in [0.29, 0.717) is 18.0 Å². The Kier molecular flexibility index (Phi) is 4.72. The number of nitrogens with two attached hydrogens (primary N) is 1. The van der Waals surface area contributed by atoms with Gasteiger partial charge in [0.15, 0.2) is 0 Å². The van der Waals surface area contributed by atoms with Gasteiger partial charge in [-0.3, -0.25) is 9.78 Å². The molecule has 1 rings (SSSR count). The molecule has 0 saturated carbocycles. The van der Waals surface area contributed by atoms with Gasteiger partial charge in [0.25, 0.3) is 5.91 Å². The Labute approximate surface area is 95.0 Å². The highest BCUT2D eigenvalue weighted by Gasteiger charge is 2.10. The number of amides is 1. The predicted octanol–water partition coefficient (Wildman–Crippen LogP) is 0.819. The van der Waals surface area contributed by atoms with Crippen LogP contribution in [0.3, 0.4) is 0 Å². The van der Waals surface area contributed by atoms with E-state index in [1.165, 1.54) is 6.20 Å². The van der Waals surface area contributed by atoms with Crippen LogP contribution >= 0.6 is 0 Å². The number of aromatic nitrogens is 1. The third-order valence-corrected chi connectivity index (χ3v) is 2.15. The molecule has 0 radical (unpaired) electrons. The largest absolute Gasteiger partial charge is 0.399 e. The van der Waals surface area contributed by atoms with Crippen LogP contribution in [0.2, 0.25) is 0 Å². The molecule has 0 saturated heterocycles. The minimum absolute atomic E-state index is 0.0516. The SMILES string of the molecule is COCCC(C)NC(=O)c1cc(N)ccn1. The highest BCUT2D eigenvalue weighted by molar-refractivity contribution is 5.93. The number of rotatable bonds is 5. The van der Waals surface area contributed by atoms with Gasteiger partial charge < -0.3 is 15.8 Å². The van der Waals surface area contributed by atoms with Crippen LogP contribution in [0.5, 0.6) is 0 Å². The van der Waals surface area contributed by atoms with Crippen molar-refractivity contribution >= 4 is 11.6 Å². The summed E-state index contributed by atoms with van der Waals surface area (Å²) >= 11 is 0. The highest BCUT2D eigenvalue weighted by Crippen LogP contribution is 2.03. The van der Waals surface area contributed by atoms with Gasteiger partial charge in [0, 0.05) is 31.6 Å². The number of hydrogen-bond acceptors (Lipinski definition) is 4. The Balaban J connectivity index is 2.52. The van der Waals surface area contributed by atoms with Crippen molar-refractivity contribution in [2.75, 3.05) is 19.5 Å². The van der Waals surface area contributed by atoms with E-state index in [-0.39, 0.29) is 11.9 Å². The molecule has 0 spiro atoms. The second-order valence-electron chi connectivity index (χ2n) is 3.63. The van der Waals surface area contributed by atoms with Crippen LogP contribution in [0.25, 0.3) is 0 Å². The Hall–Kier alpha value is -1.62. The number of nitrogens with one attached hydrogen (secondary N) is 1. The maximum Gasteiger partial charge on any atom is 0.270 e. The Bertz CT molecular complexity index is 355. The molecule has 3 N–H and O–H groups in total. The van der Waals surface area contributed by atoms with Crippen LogP contribution in [-0.2, 0) is 4.74 Å². The molecule has 1 aromatic rings. The molecule has 0 aromatic carbocycles. The van der Waals surface area contributed by atoms with Gasteiger partial charge in [0.05, 0.1) is 0 Å². The Morgan fingerprint density at radius 1 is 1.69 bits per heavy atom. The van der Waals surface area contributed by atoms with Gasteiger partial charge >= 0.3 is 0 Å². The summed E-state index contributed by atoms with van der Waals surface area (Å²) in [6, 6.07) is 3.25. The lowest BCUT2D eigenvalue weighted by molar-refractivity contribution is 0.0924. The monoisotopic (exact) mass is 223 g/mol. The molecule has 1 amide bonds.